The molecule has 2 aromatic rings. The summed E-state index contributed by atoms with van der Waals surface area (Å²) < 4.78 is 1.01. The predicted octanol–water partition coefficient (Wildman–Crippen LogP) is 4.11. The van der Waals surface area contributed by atoms with E-state index in [-0.39, 0.29) is 6.04 Å². The van der Waals surface area contributed by atoms with Crippen molar-refractivity contribution in [3.8, 4) is 0 Å². The first kappa shape index (κ1) is 14.2. The molecule has 0 amide bonds. The van der Waals surface area contributed by atoms with Crippen molar-refractivity contribution in [1.29, 1.82) is 0 Å². The van der Waals surface area contributed by atoms with Crippen molar-refractivity contribution in [2.45, 2.75) is 26.3 Å². The van der Waals surface area contributed by atoms with Gasteiger partial charge in [-0.15, -0.1) is 0 Å². The molecule has 1 N–H and O–H groups in total. The van der Waals surface area contributed by atoms with E-state index in [0.717, 1.165) is 17.4 Å². The van der Waals surface area contributed by atoms with Gasteiger partial charge in [0, 0.05) is 16.9 Å². The third-order valence-electron chi connectivity index (χ3n) is 3.19. The highest BCUT2D eigenvalue weighted by Gasteiger charge is 2.13. The number of benzene rings is 1. The Hall–Kier alpha value is -1.19. The lowest BCUT2D eigenvalue weighted by atomic mass is 9.98. The van der Waals surface area contributed by atoms with Crippen molar-refractivity contribution in [2.24, 2.45) is 0 Å². The molecule has 0 spiro atoms. The van der Waals surface area contributed by atoms with Crippen molar-refractivity contribution in [1.82, 2.24) is 10.3 Å². The van der Waals surface area contributed by atoms with Crippen LogP contribution in [0.4, 0.5) is 0 Å². The van der Waals surface area contributed by atoms with E-state index in [2.05, 4.69) is 70.4 Å². The number of hydrogen-bond donors (Lipinski definition) is 1. The molecule has 1 aromatic carbocycles. The van der Waals surface area contributed by atoms with E-state index in [1.165, 1.54) is 16.7 Å². The van der Waals surface area contributed by atoms with E-state index in [0.29, 0.717) is 0 Å². The maximum atomic E-state index is 4.26. The third kappa shape index (κ3) is 3.64. The van der Waals surface area contributed by atoms with E-state index < -0.39 is 0 Å². The molecule has 1 unspecified atom stereocenters. The molecule has 0 aliphatic rings. The number of nitrogens with zero attached hydrogens (tertiary/aromatic N) is 1. The fourth-order valence-electron chi connectivity index (χ4n) is 2.16. The molecule has 1 aromatic heterocycles. The average molecular weight is 319 g/mol. The van der Waals surface area contributed by atoms with Gasteiger partial charge in [-0.1, -0.05) is 38.1 Å². The van der Waals surface area contributed by atoms with Gasteiger partial charge in [0.05, 0.1) is 6.04 Å². The molecule has 0 aliphatic carbocycles. The quantitative estimate of drug-likeness (QED) is 0.897. The zero-order valence-electron chi connectivity index (χ0n) is 11.4. The van der Waals surface area contributed by atoms with E-state index in [1.807, 2.05) is 12.4 Å². The number of aryl methyl sites for hydroxylation is 1. The van der Waals surface area contributed by atoms with Crippen LogP contribution in [0, 0.1) is 0 Å². The summed E-state index contributed by atoms with van der Waals surface area (Å²) in [5, 5.41) is 3.52. The van der Waals surface area contributed by atoms with Crippen LogP contribution < -0.4 is 5.32 Å². The Morgan fingerprint density at radius 2 is 1.84 bits per heavy atom. The topological polar surface area (TPSA) is 24.9 Å². The molecule has 0 fully saturated rings. The van der Waals surface area contributed by atoms with Gasteiger partial charge in [0.25, 0.3) is 0 Å². The SMILES string of the molecule is CCNC(c1ccc(CC)cc1)c1cncc(Br)c1. The molecule has 1 heterocycles. The van der Waals surface area contributed by atoms with Crippen LogP contribution in [-0.4, -0.2) is 11.5 Å². The summed E-state index contributed by atoms with van der Waals surface area (Å²) in [7, 11) is 0. The average Bonchev–Trinajstić information content (AvgIpc) is 2.45. The third-order valence-corrected chi connectivity index (χ3v) is 3.62. The lowest BCUT2D eigenvalue weighted by molar-refractivity contribution is 0.628. The van der Waals surface area contributed by atoms with E-state index in [9.17, 15) is 0 Å². The van der Waals surface area contributed by atoms with Crippen LogP contribution in [0.5, 0.6) is 0 Å². The molecule has 0 aliphatic heterocycles. The predicted molar refractivity (Wildman–Crippen MR) is 83.3 cm³/mol. The van der Waals surface area contributed by atoms with E-state index in [1.54, 1.807) is 0 Å². The zero-order chi connectivity index (χ0) is 13.7. The first-order chi connectivity index (χ1) is 9.24. The maximum Gasteiger partial charge on any atom is 0.0592 e. The standard InChI is InChI=1S/C16H19BrN2/c1-3-12-5-7-13(8-6-12)16(19-4-2)14-9-15(17)11-18-10-14/h5-11,16,19H,3-4H2,1-2H3. The van der Waals surface area contributed by atoms with Gasteiger partial charge in [0.2, 0.25) is 0 Å². The summed E-state index contributed by atoms with van der Waals surface area (Å²) in [5.41, 5.74) is 3.82. The normalized spacial score (nSPS) is 12.4. The molecule has 1 atom stereocenters. The molecule has 0 saturated carbocycles. The van der Waals surface area contributed by atoms with Gasteiger partial charge in [-0.05, 0) is 51.7 Å². The Labute approximate surface area is 123 Å². The van der Waals surface area contributed by atoms with Gasteiger partial charge in [-0.2, -0.15) is 0 Å². The van der Waals surface area contributed by atoms with Crippen molar-refractivity contribution in [3.05, 3.63) is 63.9 Å². The van der Waals surface area contributed by atoms with Gasteiger partial charge >= 0.3 is 0 Å². The van der Waals surface area contributed by atoms with Crippen molar-refractivity contribution >= 4 is 15.9 Å². The summed E-state index contributed by atoms with van der Waals surface area (Å²) in [4.78, 5) is 4.26. The number of aromatic nitrogens is 1. The highest BCUT2D eigenvalue weighted by molar-refractivity contribution is 9.10. The summed E-state index contributed by atoms with van der Waals surface area (Å²) in [6, 6.07) is 11.1. The first-order valence-corrected chi connectivity index (χ1v) is 7.46. The largest absolute Gasteiger partial charge is 0.306 e. The van der Waals surface area contributed by atoms with Gasteiger partial charge in [0.15, 0.2) is 0 Å². The van der Waals surface area contributed by atoms with Crippen LogP contribution in [0.3, 0.4) is 0 Å². The fourth-order valence-corrected chi connectivity index (χ4v) is 2.55. The van der Waals surface area contributed by atoms with Crippen LogP contribution in [0.15, 0.2) is 47.2 Å². The number of hydrogen-bond acceptors (Lipinski definition) is 2. The summed E-state index contributed by atoms with van der Waals surface area (Å²) >= 11 is 3.49. The van der Waals surface area contributed by atoms with Crippen molar-refractivity contribution < 1.29 is 0 Å². The molecule has 0 saturated heterocycles. The molecule has 100 valence electrons. The number of nitrogens with one attached hydrogen (secondary N) is 1. The second kappa shape index (κ2) is 6.83. The molecular formula is C16H19BrN2. The first-order valence-electron chi connectivity index (χ1n) is 6.67. The van der Waals surface area contributed by atoms with Gasteiger partial charge < -0.3 is 5.32 Å². The van der Waals surface area contributed by atoms with Crippen LogP contribution in [0.2, 0.25) is 0 Å². The van der Waals surface area contributed by atoms with Crippen LogP contribution in [0.25, 0.3) is 0 Å². The molecule has 2 rings (SSSR count). The lowest BCUT2D eigenvalue weighted by Gasteiger charge is -2.19. The van der Waals surface area contributed by atoms with E-state index in [4.69, 9.17) is 0 Å². The second-order valence-electron chi connectivity index (χ2n) is 4.52. The fraction of sp³-hybridized carbons (Fsp3) is 0.312. The van der Waals surface area contributed by atoms with E-state index >= 15 is 0 Å². The minimum Gasteiger partial charge on any atom is -0.306 e. The summed E-state index contributed by atoms with van der Waals surface area (Å²) in [5.74, 6) is 0. The highest BCUT2D eigenvalue weighted by Crippen LogP contribution is 2.24. The lowest BCUT2D eigenvalue weighted by Crippen LogP contribution is -2.22. The van der Waals surface area contributed by atoms with Crippen molar-refractivity contribution in [3.63, 3.8) is 0 Å². The van der Waals surface area contributed by atoms with Crippen LogP contribution >= 0.6 is 15.9 Å². The number of rotatable bonds is 5. The van der Waals surface area contributed by atoms with Gasteiger partial charge in [0.1, 0.15) is 0 Å². The van der Waals surface area contributed by atoms with Gasteiger partial charge in [-0.3, -0.25) is 4.98 Å². The molecular weight excluding hydrogens is 300 g/mol. The number of pyridine rings is 1. The number of halogens is 1. The minimum absolute atomic E-state index is 0.195. The molecule has 3 heteroatoms. The minimum atomic E-state index is 0.195. The van der Waals surface area contributed by atoms with Gasteiger partial charge in [-0.25, -0.2) is 0 Å². The van der Waals surface area contributed by atoms with Crippen LogP contribution in [-0.2, 0) is 6.42 Å². The Bertz CT molecular complexity index is 523. The second-order valence-corrected chi connectivity index (χ2v) is 5.44. The maximum absolute atomic E-state index is 4.26. The molecule has 19 heavy (non-hydrogen) atoms. The highest BCUT2D eigenvalue weighted by atomic mass is 79.9. The Morgan fingerprint density at radius 3 is 2.42 bits per heavy atom. The van der Waals surface area contributed by atoms with Crippen molar-refractivity contribution in [2.75, 3.05) is 6.54 Å². The molecule has 2 nitrogen and oxygen atoms in total. The zero-order valence-corrected chi connectivity index (χ0v) is 12.9. The van der Waals surface area contributed by atoms with Crippen LogP contribution in [0.1, 0.15) is 36.6 Å². The summed E-state index contributed by atoms with van der Waals surface area (Å²) in [6.07, 6.45) is 4.81. The Kier molecular flexibility index (Phi) is 5.11. The molecule has 0 bridgehead atoms. The molecule has 0 radical (unpaired) electrons. The monoisotopic (exact) mass is 318 g/mol. The Balaban J connectivity index is 2.33. The smallest absolute Gasteiger partial charge is 0.0592 e. The summed E-state index contributed by atoms with van der Waals surface area (Å²) in [6.45, 7) is 5.22. The Morgan fingerprint density at radius 1 is 1.11 bits per heavy atom.